The highest BCUT2D eigenvalue weighted by Gasteiger charge is 2.39. The number of hydrogen-bond donors (Lipinski definition) is 3. The van der Waals surface area contributed by atoms with Gasteiger partial charge in [-0.2, -0.15) is 0 Å². The number of β-lactam (4-membered cyclic amide) rings is 1. The lowest BCUT2D eigenvalue weighted by Crippen LogP contribution is -2.71. The summed E-state index contributed by atoms with van der Waals surface area (Å²) in [4.78, 5) is 22.9. The van der Waals surface area contributed by atoms with Gasteiger partial charge in [-0.15, -0.1) is 0 Å². The molecule has 16 heavy (non-hydrogen) atoms. The minimum Gasteiger partial charge on any atom is -0.348 e. The second-order valence-corrected chi connectivity index (χ2v) is 3.67. The van der Waals surface area contributed by atoms with Crippen molar-refractivity contribution in [3.05, 3.63) is 35.9 Å². The van der Waals surface area contributed by atoms with Crippen LogP contribution in [0, 0.1) is 0 Å². The molecule has 1 fully saturated rings. The van der Waals surface area contributed by atoms with Crippen LogP contribution in [0.5, 0.6) is 0 Å². The summed E-state index contributed by atoms with van der Waals surface area (Å²) < 4.78 is 0. The summed E-state index contributed by atoms with van der Waals surface area (Å²) in [5.41, 5.74) is 5.97. The first kappa shape index (κ1) is 10.6. The highest BCUT2D eigenvalue weighted by atomic mass is 16.2. The Bertz CT molecular complexity index is 405. The second-order valence-electron chi connectivity index (χ2n) is 3.67. The molecule has 0 radical (unpaired) electrons. The summed E-state index contributed by atoms with van der Waals surface area (Å²) in [7, 11) is 0. The van der Waals surface area contributed by atoms with Crippen molar-refractivity contribution in [1.82, 2.24) is 10.6 Å². The van der Waals surface area contributed by atoms with Crippen molar-refractivity contribution in [2.75, 3.05) is 6.54 Å². The third-order valence-corrected chi connectivity index (χ3v) is 2.59. The van der Waals surface area contributed by atoms with Crippen LogP contribution in [0.15, 0.2) is 30.3 Å². The van der Waals surface area contributed by atoms with Crippen molar-refractivity contribution in [1.29, 1.82) is 0 Å². The smallest absolute Gasteiger partial charge is 0.251 e. The van der Waals surface area contributed by atoms with Crippen LogP contribution in [0.4, 0.5) is 0 Å². The van der Waals surface area contributed by atoms with E-state index in [9.17, 15) is 9.59 Å². The Morgan fingerprint density at radius 1 is 1.38 bits per heavy atom. The molecule has 0 saturated carbocycles. The number of carbonyl (C=O) groups is 2. The van der Waals surface area contributed by atoms with E-state index in [0.717, 1.165) is 0 Å². The lowest BCUT2D eigenvalue weighted by Gasteiger charge is -2.36. The maximum absolute atomic E-state index is 11.7. The van der Waals surface area contributed by atoms with Crippen LogP contribution in [0.1, 0.15) is 10.4 Å². The van der Waals surface area contributed by atoms with Crippen LogP contribution in [0.25, 0.3) is 0 Å². The zero-order valence-electron chi connectivity index (χ0n) is 8.64. The van der Waals surface area contributed by atoms with E-state index in [-0.39, 0.29) is 17.9 Å². The molecule has 1 heterocycles. The summed E-state index contributed by atoms with van der Waals surface area (Å²) in [6.45, 7) is 0.325. The molecular formula is C11H13N3O2. The molecule has 0 spiro atoms. The quantitative estimate of drug-likeness (QED) is 0.584. The number of nitrogens with two attached hydrogens (primary N) is 1. The average molecular weight is 219 g/mol. The number of nitrogens with one attached hydrogen (secondary N) is 2. The molecule has 0 unspecified atom stereocenters. The molecule has 1 saturated heterocycles. The standard InChI is InChI=1S/C11H13N3O2/c12-6-8-9(11(16)13-8)14-10(15)7-4-2-1-3-5-7/h1-5,8-9H,6,12H2,(H,13,16)(H,14,15)/t8-,9+/m1/s1. The molecule has 0 bridgehead atoms. The second kappa shape index (κ2) is 4.32. The lowest BCUT2D eigenvalue weighted by atomic mass is 9.99. The number of rotatable bonds is 3. The summed E-state index contributed by atoms with van der Waals surface area (Å²) in [6.07, 6.45) is 0. The van der Waals surface area contributed by atoms with E-state index in [0.29, 0.717) is 12.1 Å². The van der Waals surface area contributed by atoms with Gasteiger partial charge in [0.2, 0.25) is 5.91 Å². The van der Waals surface area contributed by atoms with Crippen molar-refractivity contribution in [3.63, 3.8) is 0 Å². The van der Waals surface area contributed by atoms with Crippen LogP contribution in [0.3, 0.4) is 0 Å². The molecule has 2 amide bonds. The Kier molecular flexibility index (Phi) is 2.87. The van der Waals surface area contributed by atoms with E-state index in [1.54, 1.807) is 24.3 Å². The van der Waals surface area contributed by atoms with E-state index in [2.05, 4.69) is 10.6 Å². The van der Waals surface area contributed by atoms with Gasteiger partial charge in [-0.05, 0) is 12.1 Å². The Labute approximate surface area is 93.0 Å². The summed E-state index contributed by atoms with van der Waals surface area (Å²) >= 11 is 0. The van der Waals surface area contributed by atoms with E-state index in [1.165, 1.54) is 0 Å². The molecule has 5 nitrogen and oxygen atoms in total. The molecule has 4 N–H and O–H groups in total. The third-order valence-electron chi connectivity index (χ3n) is 2.59. The van der Waals surface area contributed by atoms with Crippen molar-refractivity contribution in [2.24, 2.45) is 5.73 Å². The van der Waals surface area contributed by atoms with Gasteiger partial charge in [-0.1, -0.05) is 18.2 Å². The van der Waals surface area contributed by atoms with Gasteiger partial charge in [0.1, 0.15) is 6.04 Å². The van der Waals surface area contributed by atoms with Gasteiger partial charge in [0.15, 0.2) is 0 Å². The molecule has 84 valence electrons. The van der Waals surface area contributed by atoms with Gasteiger partial charge in [0.25, 0.3) is 5.91 Å². The fraction of sp³-hybridized carbons (Fsp3) is 0.273. The van der Waals surface area contributed by atoms with Gasteiger partial charge in [0, 0.05) is 12.1 Å². The molecule has 0 aliphatic carbocycles. The van der Waals surface area contributed by atoms with Gasteiger partial charge in [-0.25, -0.2) is 0 Å². The zero-order chi connectivity index (χ0) is 11.5. The minimum atomic E-state index is -0.502. The highest BCUT2D eigenvalue weighted by molar-refractivity contribution is 5.99. The van der Waals surface area contributed by atoms with Crippen LogP contribution in [-0.4, -0.2) is 30.4 Å². The van der Waals surface area contributed by atoms with E-state index >= 15 is 0 Å². The van der Waals surface area contributed by atoms with Gasteiger partial charge >= 0.3 is 0 Å². The van der Waals surface area contributed by atoms with E-state index in [1.807, 2.05) is 6.07 Å². The fourth-order valence-electron chi connectivity index (χ4n) is 1.62. The molecule has 0 aromatic heterocycles. The maximum Gasteiger partial charge on any atom is 0.251 e. The molecule has 1 aromatic rings. The average Bonchev–Trinajstić information content (AvgIpc) is 2.33. The zero-order valence-corrected chi connectivity index (χ0v) is 8.64. The maximum atomic E-state index is 11.7. The molecule has 2 atom stereocenters. The SMILES string of the molecule is NC[C@H]1NC(=O)[C@H]1NC(=O)c1ccccc1. The normalized spacial score (nSPS) is 23.2. The van der Waals surface area contributed by atoms with Crippen molar-refractivity contribution >= 4 is 11.8 Å². The van der Waals surface area contributed by atoms with Crippen molar-refractivity contribution in [3.8, 4) is 0 Å². The lowest BCUT2D eigenvalue weighted by molar-refractivity contribution is -0.131. The molecule has 1 aliphatic heterocycles. The first-order valence-corrected chi connectivity index (χ1v) is 5.08. The Hall–Kier alpha value is -1.88. The van der Waals surface area contributed by atoms with Crippen LogP contribution < -0.4 is 16.4 Å². The van der Waals surface area contributed by atoms with Gasteiger partial charge < -0.3 is 16.4 Å². The fourth-order valence-corrected chi connectivity index (χ4v) is 1.62. The monoisotopic (exact) mass is 219 g/mol. The predicted octanol–water partition coefficient (Wildman–Crippen LogP) is -0.758. The highest BCUT2D eigenvalue weighted by Crippen LogP contribution is 2.06. The number of carbonyl (C=O) groups excluding carboxylic acids is 2. The number of benzene rings is 1. The van der Waals surface area contributed by atoms with Crippen LogP contribution in [-0.2, 0) is 4.79 Å². The first-order chi connectivity index (χ1) is 7.72. The summed E-state index contributed by atoms with van der Waals surface area (Å²) in [5.74, 6) is -0.432. The third kappa shape index (κ3) is 1.90. The Morgan fingerprint density at radius 3 is 2.62 bits per heavy atom. The summed E-state index contributed by atoms with van der Waals surface area (Å²) in [6, 6.07) is 8.12. The molecule has 1 aliphatic rings. The Morgan fingerprint density at radius 2 is 2.06 bits per heavy atom. The van der Waals surface area contributed by atoms with Crippen LogP contribution in [0.2, 0.25) is 0 Å². The predicted molar refractivity (Wildman–Crippen MR) is 58.7 cm³/mol. The number of amides is 2. The van der Waals surface area contributed by atoms with E-state index in [4.69, 9.17) is 5.73 Å². The first-order valence-electron chi connectivity index (χ1n) is 5.08. The molecular weight excluding hydrogens is 206 g/mol. The van der Waals surface area contributed by atoms with Crippen molar-refractivity contribution in [2.45, 2.75) is 12.1 Å². The molecule has 2 rings (SSSR count). The Balaban J connectivity index is 2.00. The van der Waals surface area contributed by atoms with Gasteiger partial charge in [-0.3, -0.25) is 9.59 Å². The minimum absolute atomic E-state index is 0.153. The largest absolute Gasteiger partial charge is 0.348 e. The topological polar surface area (TPSA) is 84.2 Å². The van der Waals surface area contributed by atoms with Crippen LogP contribution >= 0.6 is 0 Å². The van der Waals surface area contributed by atoms with E-state index < -0.39 is 6.04 Å². The van der Waals surface area contributed by atoms with Gasteiger partial charge in [0.05, 0.1) is 6.04 Å². The summed E-state index contributed by atoms with van der Waals surface area (Å²) in [5, 5.41) is 5.27. The molecule has 5 heteroatoms. The number of hydrogen-bond acceptors (Lipinski definition) is 3. The molecule has 1 aromatic carbocycles. The van der Waals surface area contributed by atoms with Crippen molar-refractivity contribution < 1.29 is 9.59 Å².